The summed E-state index contributed by atoms with van der Waals surface area (Å²) in [4.78, 5) is 22.5. The van der Waals surface area contributed by atoms with Gasteiger partial charge in [0.1, 0.15) is 0 Å². The smallest absolute Gasteiger partial charge is 0.395 e. The normalized spacial score (nSPS) is 12.7. The van der Waals surface area contributed by atoms with Crippen molar-refractivity contribution in [3.8, 4) is 5.75 Å². The standard InChI is InChI=1S/C12H16NO4P.ClH/c1-9(2)8-11(12(14)15)13-18(16)17-10-6-4-3-5-7-10;/h3-7,9,11H,8H2,1-2H3,(H,14,15);1H. The highest BCUT2D eigenvalue weighted by atomic mass is 35.5. The van der Waals surface area contributed by atoms with E-state index >= 15 is 0 Å². The minimum absolute atomic E-state index is 0. The van der Waals surface area contributed by atoms with Gasteiger partial charge in [-0.3, -0.25) is 4.52 Å². The number of carbonyl (C=O) groups is 1. The summed E-state index contributed by atoms with van der Waals surface area (Å²) in [5.74, 6) is -0.505. The first-order valence-corrected chi connectivity index (χ1v) is 6.76. The van der Waals surface area contributed by atoms with Gasteiger partial charge in [-0.25, -0.2) is 4.79 Å². The summed E-state index contributed by atoms with van der Waals surface area (Å²) < 4.78 is 8.75. The molecule has 19 heavy (non-hydrogen) atoms. The summed E-state index contributed by atoms with van der Waals surface area (Å²) >= 11 is 0. The van der Waals surface area contributed by atoms with Crippen molar-refractivity contribution in [3.05, 3.63) is 30.3 Å². The fourth-order valence-corrected chi connectivity index (χ4v) is 2.12. The maximum atomic E-state index is 11.6. The zero-order valence-corrected chi connectivity index (χ0v) is 12.4. The number of carboxylic acids is 1. The third-order valence-electron chi connectivity index (χ3n) is 2.14. The molecule has 1 aromatic carbocycles. The van der Waals surface area contributed by atoms with Crippen LogP contribution >= 0.6 is 20.6 Å². The van der Waals surface area contributed by atoms with E-state index in [-0.39, 0.29) is 18.3 Å². The third kappa shape index (κ3) is 7.11. The van der Waals surface area contributed by atoms with Crippen LogP contribution in [0.3, 0.4) is 0 Å². The second-order valence-corrected chi connectivity index (χ2v) is 5.13. The number of para-hydroxylation sites is 1. The lowest BCUT2D eigenvalue weighted by Crippen LogP contribution is -2.20. The number of rotatable bonds is 6. The lowest BCUT2D eigenvalue weighted by Gasteiger charge is -2.07. The summed E-state index contributed by atoms with van der Waals surface area (Å²) in [5, 5.41) is 8.96. The topological polar surface area (TPSA) is 82.0 Å². The van der Waals surface area contributed by atoms with Crippen molar-refractivity contribution in [2.24, 2.45) is 10.7 Å². The number of hydrogen-bond donors (Lipinski definition) is 1. The molecule has 0 heterocycles. The molecule has 1 rings (SSSR count). The molecular weight excluding hydrogens is 289 g/mol. The molecule has 0 amide bonds. The third-order valence-corrected chi connectivity index (χ3v) is 2.97. The Labute approximate surface area is 119 Å². The van der Waals surface area contributed by atoms with Gasteiger partial charge in [0.15, 0.2) is 11.8 Å². The number of halogens is 1. The SMILES string of the molecule is CC(C)CC(/N=[P+](\[O-])Oc1ccccc1)C(=O)O.Cl. The van der Waals surface area contributed by atoms with Crippen LogP contribution in [-0.4, -0.2) is 17.1 Å². The molecule has 0 aromatic heterocycles. The van der Waals surface area contributed by atoms with Gasteiger partial charge in [0.25, 0.3) is 0 Å². The Balaban J connectivity index is 0.00000324. The van der Waals surface area contributed by atoms with E-state index in [4.69, 9.17) is 9.63 Å². The van der Waals surface area contributed by atoms with Crippen LogP contribution in [0.2, 0.25) is 0 Å². The quantitative estimate of drug-likeness (QED) is 0.819. The van der Waals surface area contributed by atoms with Gasteiger partial charge in [-0.1, -0.05) is 36.8 Å². The Bertz CT molecular complexity index is 425. The van der Waals surface area contributed by atoms with Crippen molar-refractivity contribution in [1.29, 1.82) is 0 Å². The molecule has 1 N–H and O–H groups in total. The molecule has 106 valence electrons. The molecule has 7 heteroatoms. The molecule has 5 nitrogen and oxygen atoms in total. The fraction of sp³-hybridized carbons (Fsp3) is 0.417. The van der Waals surface area contributed by atoms with Crippen LogP contribution in [0.5, 0.6) is 5.75 Å². The number of benzene rings is 1. The van der Waals surface area contributed by atoms with Gasteiger partial charge in [0.05, 0.1) is 0 Å². The van der Waals surface area contributed by atoms with Crippen molar-refractivity contribution in [2.45, 2.75) is 26.3 Å². The molecule has 2 unspecified atom stereocenters. The Morgan fingerprint density at radius 2 is 2.00 bits per heavy atom. The van der Waals surface area contributed by atoms with Gasteiger partial charge in [-0.05, 0) is 24.5 Å². The minimum Gasteiger partial charge on any atom is -0.575 e. The van der Waals surface area contributed by atoms with Crippen LogP contribution in [-0.2, 0) is 4.79 Å². The van der Waals surface area contributed by atoms with Crippen LogP contribution in [0.4, 0.5) is 0 Å². The van der Waals surface area contributed by atoms with E-state index in [1.165, 1.54) is 0 Å². The molecule has 0 saturated heterocycles. The maximum absolute atomic E-state index is 11.6. The van der Waals surface area contributed by atoms with E-state index in [2.05, 4.69) is 4.74 Å². The highest BCUT2D eigenvalue weighted by molar-refractivity contribution is 7.34. The fourth-order valence-electron chi connectivity index (χ4n) is 1.35. The molecule has 1 aromatic rings. The number of carboxylic acid groups (broad SMARTS) is 1. The van der Waals surface area contributed by atoms with E-state index < -0.39 is 20.2 Å². The van der Waals surface area contributed by atoms with Crippen molar-refractivity contribution in [2.75, 3.05) is 0 Å². The van der Waals surface area contributed by atoms with Crippen LogP contribution in [0, 0.1) is 5.92 Å². The lowest BCUT2D eigenvalue weighted by molar-refractivity contribution is -0.169. The van der Waals surface area contributed by atoms with Gasteiger partial charge in [-0.15, -0.1) is 12.4 Å². The van der Waals surface area contributed by atoms with Crippen molar-refractivity contribution >= 4 is 26.5 Å². The number of hydrogen-bond acceptors (Lipinski definition) is 4. The van der Waals surface area contributed by atoms with E-state index in [0.717, 1.165) is 0 Å². The minimum atomic E-state index is -2.37. The molecule has 0 aliphatic heterocycles. The first-order chi connectivity index (χ1) is 8.49. The molecule has 0 fully saturated rings. The summed E-state index contributed by atoms with van der Waals surface area (Å²) in [7, 11) is -2.37. The molecule has 0 bridgehead atoms. The zero-order chi connectivity index (χ0) is 13.5. The summed E-state index contributed by atoms with van der Waals surface area (Å²) in [6.07, 6.45) is 0.342. The zero-order valence-electron chi connectivity index (χ0n) is 10.7. The van der Waals surface area contributed by atoms with Crippen LogP contribution in [0.1, 0.15) is 20.3 Å². The second kappa shape index (κ2) is 8.86. The van der Waals surface area contributed by atoms with Crippen LogP contribution in [0.25, 0.3) is 0 Å². The molecule has 0 aliphatic carbocycles. The molecule has 2 atom stereocenters. The highest BCUT2D eigenvalue weighted by Crippen LogP contribution is 2.25. The monoisotopic (exact) mass is 305 g/mol. The van der Waals surface area contributed by atoms with Crippen molar-refractivity contribution in [1.82, 2.24) is 0 Å². The largest absolute Gasteiger partial charge is 0.575 e. The second-order valence-electron chi connectivity index (χ2n) is 4.24. The lowest BCUT2D eigenvalue weighted by atomic mass is 10.1. The van der Waals surface area contributed by atoms with Crippen molar-refractivity contribution < 1.29 is 19.3 Å². The van der Waals surface area contributed by atoms with E-state index in [9.17, 15) is 9.69 Å². The van der Waals surface area contributed by atoms with E-state index in [1.54, 1.807) is 30.3 Å². The summed E-state index contributed by atoms with van der Waals surface area (Å²) in [6.45, 7) is 3.77. The Hall–Kier alpha value is -1.16. The maximum Gasteiger partial charge on any atom is 0.395 e. The predicted molar refractivity (Wildman–Crippen MR) is 74.5 cm³/mol. The highest BCUT2D eigenvalue weighted by Gasteiger charge is 2.22. The molecule has 0 saturated carbocycles. The van der Waals surface area contributed by atoms with Crippen LogP contribution in [0.15, 0.2) is 35.1 Å². The van der Waals surface area contributed by atoms with Gasteiger partial charge in [-0.2, -0.15) is 0 Å². The Morgan fingerprint density at radius 1 is 1.42 bits per heavy atom. The van der Waals surface area contributed by atoms with Crippen molar-refractivity contribution in [3.63, 3.8) is 0 Å². The average Bonchev–Trinajstić information content (AvgIpc) is 2.28. The van der Waals surface area contributed by atoms with Gasteiger partial charge < -0.3 is 10.00 Å². The molecule has 0 radical (unpaired) electrons. The van der Waals surface area contributed by atoms with Gasteiger partial charge in [0.2, 0.25) is 0 Å². The predicted octanol–water partition coefficient (Wildman–Crippen LogP) is 2.84. The first kappa shape index (κ1) is 17.8. The number of aliphatic carboxylic acids is 1. The molecule has 0 aliphatic rings. The summed E-state index contributed by atoms with van der Waals surface area (Å²) in [6, 6.07) is 7.57. The van der Waals surface area contributed by atoms with E-state index in [0.29, 0.717) is 12.2 Å². The summed E-state index contributed by atoms with van der Waals surface area (Å²) in [5.41, 5.74) is 0. The van der Waals surface area contributed by atoms with Gasteiger partial charge in [0, 0.05) is 0 Å². The Kier molecular flexibility index (Phi) is 8.32. The molecule has 0 spiro atoms. The van der Waals surface area contributed by atoms with Crippen LogP contribution < -0.4 is 9.42 Å². The molecular formula is C12H17ClNO4P. The first-order valence-electron chi connectivity index (χ1n) is 5.63. The number of nitrogens with zero attached hydrogens (tertiary/aromatic N) is 1. The van der Waals surface area contributed by atoms with E-state index in [1.807, 2.05) is 13.8 Å². The Morgan fingerprint density at radius 3 is 2.47 bits per heavy atom. The average molecular weight is 306 g/mol. The van der Waals surface area contributed by atoms with Gasteiger partial charge >= 0.3 is 14.1 Å².